The third-order valence-electron chi connectivity index (χ3n) is 2.01. The van der Waals surface area contributed by atoms with Crippen LogP contribution in [0.3, 0.4) is 0 Å². The zero-order valence-electron chi connectivity index (χ0n) is 7.05. The molecule has 0 saturated carbocycles. The molecule has 0 amide bonds. The molecule has 1 heteroatoms. The average molecular weight is 140 g/mol. The topological polar surface area (TPSA) is 9.23 Å². The molecule has 2 heterocycles. The van der Waals surface area contributed by atoms with Crippen molar-refractivity contribution in [2.75, 3.05) is 0 Å². The van der Waals surface area contributed by atoms with Gasteiger partial charge in [-0.1, -0.05) is 26.0 Å². The van der Waals surface area contributed by atoms with Gasteiger partial charge < -0.3 is 4.74 Å². The quantitative estimate of drug-likeness (QED) is 0.470. The van der Waals surface area contributed by atoms with Crippen LogP contribution >= 0.6 is 0 Å². The zero-order valence-corrected chi connectivity index (χ0v) is 7.05. The molecule has 2 unspecified atom stereocenters. The highest BCUT2D eigenvalue weighted by Gasteiger charge is 2.37. The molecule has 0 N–H and O–H groups in total. The van der Waals surface area contributed by atoms with Crippen molar-refractivity contribution in [2.24, 2.45) is 0 Å². The highest BCUT2D eigenvalue weighted by Crippen LogP contribution is 2.37. The smallest absolute Gasteiger partial charge is 0.0844 e. The van der Waals surface area contributed by atoms with E-state index in [2.05, 4.69) is 19.1 Å². The monoisotopic (exact) mass is 140 g/mol. The van der Waals surface area contributed by atoms with Gasteiger partial charge in [-0.3, -0.25) is 0 Å². The van der Waals surface area contributed by atoms with Gasteiger partial charge in [0.2, 0.25) is 0 Å². The van der Waals surface area contributed by atoms with Crippen molar-refractivity contribution in [2.45, 2.75) is 45.3 Å². The number of fused-ring (bicyclic) bond motifs is 2. The van der Waals surface area contributed by atoms with Gasteiger partial charge in [0.25, 0.3) is 0 Å². The van der Waals surface area contributed by atoms with Crippen molar-refractivity contribution in [3.8, 4) is 0 Å². The fourth-order valence-electron chi connectivity index (χ4n) is 1.46. The molecule has 2 bridgehead atoms. The summed E-state index contributed by atoms with van der Waals surface area (Å²) in [4.78, 5) is 0. The van der Waals surface area contributed by atoms with Crippen LogP contribution in [0.5, 0.6) is 0 Å². The van der Waals surface area contributed by atoms with Crippen LogP contribution in [0.1, 0.15) is 33.6 Å². The van der Waals surface area contributed by atoms with E-state index in [0.29, 0.717) is 6.10 Å². The Morgan fingerprint density at radius 2 is 2.20 bits per heavy atom. The van der Waals surface area contributed by atoms with Crippen LogP contribution in [-0.2, 0) is 4.74 Å². The average Bonchev–Trinajstić information content (AvgIpc) is 2.49. The maximum atomic E-state index is 5.55. The summed E-state index contributed by atoms with van der Waals surface area (Å²) in [6.45, 7) is 6.15. The largest absolute Gasteiger partial charge is 0.364 e. The normalized spacial score (nSPS) is 41.3. The predicted octanol–water partition coefficient (Wildman–Crippen LogP) is 2.52. The van der Waals surface area contributed by atoms with Crippen molar-refractivity contribution < 1.29 is 4.74 Å². The Kier molecular flexibility index (Phi) is 2.14. The molecule has 0 aromatic heterocycles. The van der Waals surface area contributed by atoms with E-state index in [9.17, 15) is 0 Å². The first-order chi connectivity index (χ1) is 4.79. The summed E-state index contributed by atoms with van der Waals surface area (Å²) in [5.74, 6) is 0. The first-order valence-electron chi connectivity index (χ1n) is 4.16. The van der Waals surface area contributed by atoms with Crippen molar-refractivity contribution in [3.05, 3.63) is 12.2 Å². The molecular weight excluding hydrogens is 124 g/mol. The highest BCUT2D eigenvalue weighted by atomic mass is 16.5. The standard InChI is InChI=1S/C7H10O.C2H6/c1-7-4-2-6(8-7)3-5-7;1-2/h2,4,6H,3,5H2,1H3;1-2H3. The summed E-state index contributed by atoms with van der Waals surface area (Å²) < 4.78 is 5.55. The summed E-state index contributed by atoms with van der Waals surface area (Å²) in [6.07, 6.45) is 7.26. The van der Waals surface area contributed by atoms with Crippen LogP contribution < -0.4 is 0 Å². The molecule has 1 nitrogen and oxygen atoms in total. The summed E-state index contributed by atoms with van der Waals surface area (Å²) in [7, 11) is 0. The van der Waals surface area contributed by atoms with E-state index in [1.54, 1.807) is 0 Å². The van der Waals surface area contributed by atoms with Gasteiger partial charge in [0, 0.05) is 0 Å². The van der Waals surface area contributed by atoms with Crippen LogP contribution in [0.2, 0.25) is 0 Å². The van der Waals surface area contributed by atoms with Gasteiger partial charge in [0.15, 0.2) is 0 Å². The Morgan fingerprint density at radius 1 is 1.50 bits per heavy atom. The number of rotatable bonds is 0. The molecule has 2 aliphatic rings. The second-order valence-electron chi connectivity index (χ2n) is 2.87. The van der Waals surface area contributed by atoms with Crippen LogP contribution in [-0.4, -0.2) is 11.7 Å². The Labute approximate surface area is 63.1 Å². The van der Waals surface area contributed by atoms with Gasteiger partial charge in [0.05, 0.1) is 11.7 Å². The molecular formula is C9H16O. The minimum absolute atomic E-state index is 0.130. The van der Waals surface area contributed by atoms with E-state index in [0.717, 1.165) is 0 Å². The minimum atomic E-state index is 0.130. The van der Waals surface area contributed by atoms with E-state index in [1.807, 2.05) is 13.8 Å². The first kappa shape index (κ1) is 7.80. The Bertz CT molecular complexity index is 140. The Morgan fingerprint density at radius 3 is 2.30 bits per heavy atom. The number of hydrogen-bond acceptors (Lipinski definition) is 1. The lowest BCUT2D eigenvalue weighted by atomic mass is 9.97. The predicted molar refractivity (Wildman–Crippen MR) is 43.0 cm³/mol. The summed E-state index contributed by atoms with van der Waals surface area (Å²) >= 11 is 0. The van der Waals surface area contributed by atoms with Crippen molar-refractivity contribution in [3.63, 3.8) is 0 Å². The Balaban J connectivity index is 0.000000231. The summed E-state index contributed by atoms with van der Waals surface area (Å²) in [5.41, 5.74) is 0.130. The molecule has 0 spiro atoms. The number of ether oxygens (including phenoxy) is 1. The van der Waals surface area contributed by atoms with Gasteiger partial charge in [-0.25, -0.2) is 0 Å². The molecule has 1 fully saturated rings. The maximum absolute atomic E-state index is 5.55. The molecule has 2 atom stereocenters. The molecule has 1 saturated heterocycles. The number of hydrogen-bond donors (Lipinski definition) is 0. The Hall–Kier alpha value is -0.300. The lowest BCUT2D eigenvalue weighted by molar-refractivity contribution is 0.0467. The van der Waals surface area contributed by atoms with E-state index < -0.39 is 0 Å². The molecule has 2 aliphatic heterocycles. The third kappa shape index (κ3) is 1.24. The van der Waals surface area contributed by atoms with Gasteiger partial charge in [-0.15, -0.1) is 0 Å². The second-order valence-corrected chi connectivity index (χ2v) is 2.87. The summed E-state index contributed by atoms with van der Waals surface area (Å²) in [6, 6.07) is 0. The molecule has 58 valence electrons. The van der Waals surface area contributed by atoms with Gasteiger partial charge in [0.1, 0.15) is 0 Å². The molecule has 10 heavy (non-hydrogen) atoms. The van der Waals surface area contributed by atoms with Crippen molar-refractivity contribution in [1.82, 2.24) is 0 Å². The summed E-state index contributed by atoms with van der Waals surface area (Å²) in [5, 5.41) is 0. The zero-order chi connectivity index (χ0) is 7.61. The van der Waals surface area contributed by atoms with Crippen LogP contribution in [0.15, 0.2) is 12.2 Å². The lowest BCUT2D eigenvalue weighted by Gasteiger charge is -2.13. The first-order valence-corrected chi connectivity index (χ1v) is 4.16. The van der Waals surface area contributed by atoms with E-state index in [4.69, 9.17) is 4.74 Å². The van der Waals surface area contributed by atoms with Crippen molar-refractivity contribution >= 4 is 0 Å². The minimum Gasteiger partial charge on any atom is -0.364 e. The molecule has 2 rings (SSSR count). The van der Waals surface area contributed by atoms with E-state index >= 15 is 0 Å². The third-order valence-corrected chi connectivity index (χ3v) is 2.01. The molecule has 0 aliphatic carbocycles. The SMILES string of the molecule is CC.CC12C=CC(CC1)O2. The van der Waals surface area contributed by atoms with E-state index in [-0.39, 0.29) is 5.60 Å². The fraction of sp³-hybridized carbons (Fsp3) is 0.778. The molecule has 0 aromatic rings. The lowest BCUT2D eigenvalue weighted by Crippen LogP contribution is -2.15. The molecule has 0 aromatic carbocycles. The van der Waals surface area contributed by atoms with Crippen LogP contribution in [0, 0.1) is 0 Å². The van der Waals surface area contributed by atoms with Gasteiger partial charge in [-0.2, -0.15) is 0 Å². The van der Waals surface area contributed by atoms with Gasteiger partial charge in [-0.05, 0) is 19.8 Å². The highest BCUT2D eigenvalue weighted by molar-refractivity contribution is 5.14. The maximum Gasteiger partial charge on any atom is 0.0844 e. The van der Waals surface area contributed by atoms with Gasteiger partial charge >= 0.3 is 0 Å². The fourth-order valence-corrected chi connectivity index (χ4v) is 1.46. The second kappa shape index (κ2) is 2.75. The molecule has 0 radical (unpaired) electrons. The van der Waals surface area contributed by atoms with E-state index in [1.165, 1.54) is 12.8 Å². The van der Waals surface area contributed by atoms with Crippen LogP contribution in [0.25, 0.3) is 0 Å². The van der Waals surface area contributed by atoms with Crippen LogP contribution in [0.4, 0.5) is 0 Å². The van der Waals surface area contributed by atoms with Crippen molar-refractivity contribution in [1.29, 1.82) is 0 Å².